The van der Waals surface area contributed by atoms with Gasteiger partial charge in [-0.3, -0.25) is 4.90 Å². The summed E-state index contributed by atoms with van der Waals surface area (Å²) in [5.41, 5.74) is -0.152. The highest BCUT2D eigenvalue weighted by Crippen LogP contribution is 2.36. The van der Waals surface area contributed by atoms with Gasteiger partial charge in [0.1, 0.15) is 13.2 Å². The number of alkyl halides is 3. The zero-order chi connectivity index (χ0) is 22.2. The molecule has 2 aliphatic heterocycles. The Hall–Kier alpha value is -2.01. The molecule has 0 atom stereocenters. The third-order valence-corrected chi connectivity index (χ3v) is 7.45. The Morgan fingerprint density at radius 1 is 0.935 bits per heavy atom. The highest BCUT2D eigenvalue weighted by molar-refractivity contribution is 7.89. The molecule has 0 N–H and O–H groups in total. The van der Waals surface area contributed by atoms with Crippen molar-refractivity contribution in [1.82, 2.24) is 9.21 Å². The zero-order valence-corrected chi connectivity index (χ0v) is 17.9. The van der Waals surface area contributed by atoms with Gasteiger partial charge in [-0.25, -0.2) is 8.42 Å². The molecule has 0 saturated carbocycles. The first kappa shape index (κ1) is 22.2. The van der Waals surface area contributed by atoms with Crippen LogP contribution in [0.4, 0.5) is 13.2 Å². The monoisotopic (exact) mass is 476 g/mol. The van der Waals surface area contributed by atoms with Crippen LogP contribution in [0.2, 0.25) is 5.02 Å². The summed E-state index contributed by atoms with van der Waals surface area (Å²) in [7, 11) is -4.06. The molecule has 0 amide bonds. The Balaban J connectivity index is 1.42. The Morgan fingerprint density at radius 3 is 2.29 bits per heavy atom. The van der Waals surface area contributed by atoms with Crippen molar-refractivity contribution in [2.75, 3.05) is 39.4 Å². The average Bonchev–Trinajstić information content (AvgIpc) is 2.73. The molecule has 2 aliphatic rings. The van der Waals surface area contributed by atoms with Crippen LogP contribution in [0.1, 0.15) is 11.1 Å². The van der Waals surface area contributed by atoms with Gasteiger partial charge in [0.15, 0.2) is 11.5 Å². The first-order chi connectivity index (χ1) is 14.6. The van der Waals surface area contributed by atoms with Gasteiger partial charge in [0.2, 0.25) is 10.0 Å². The maximum Gasteiger partial charge on any atom is 0.417 e. The molecule has 0 aromatic heterocycles. The van der Waals surface area contributed by atoms with Gasteiger partial charge in [0.25, 0.3) is 0 Å². The van der Waals surface area contributed by atoms with Crippen LogP contribution >= 0.6 is 11.6 Å². The molecule has 11 heteroatoms. The Morgan fingerprint density at radius 2 is 1.61 bits per heavy atom. The fraction of sp³-hybridized carbons (Fsp3) is 0.400. The maximum atomic E-state index is 13.1. The van der Waals surface area contributed by atoms with Gasteiger partial charge in [0, 0.05) is 32.7 Å². The quantitative estimate of drug-likeness (QED) is 0.674. The summed E-state index contributed by atoms with van der Waals surface area (Å²) in [6.45, 7) is 2.87. The third-order valence-electron chi connectivity index (χ3n) is 5.23. The van der Waals surface area contributed by atoms with Crippen molar-refractivity contribution in [2.24, 2.45) is 0 Å². The largest absolute Gasteiger partial charge is 0.486 e. The molecule has 6 nitrogen and oxygen atoms in total. The highest BCUT2D eigenvalue weighted by atomic mass is 35.5. The molecular formula is C20H20ClF3N2O4S. The molecule has 0 aliphatic carbocycles. The SMILES string of the molecule is O=S(=O)(c1ccc(Cl)c(C(F)(F)F)c1)N1CCN(Cc2ccc3c(c2)OCCO3)CC1. The van der Waals surface area contributed by atoms with Crippen molar-refractivity contribution in [3.63, 3.8) is 0 Å². The zero-order valence-electron chi connectivity index (χ0n) is 16.4. The number of nitrogens with zero attached hydrogens (tertiary/aromatic N) is 2. The topological polar surface area (TPSA) is 59.1 Å². The van der Waals surface area contributed by atoms with Crippen molar-refractivity contribution in [2.45, 2.75) is 17.6 Å². The van der Waals surface area contributed by atoms with E-state index in [2.05, 4.69) is 4.90 Å². The van der Waals surface area contributed by atoms with Crippen molar-refractivity contribution >= 4 is 21.6 Å². The smallest absolute Gasteiger partial charge is 0.417 e. The van der Waals surface area contributed by atoms with E-state index in [4.69, 9.17) is 21.1 Å². The summed E-state index contributed by atoms with van der Waals surface area (Å²) in [5, 5.41) is -0.532. The molecule has 2 aromatic rings. The second kappa shape index (κ2) is 8.50. The van der Waals surface area contributed by atoms with Gasteiger partial charge < -0.3 is 9.47 Å². The number of sulfonamides is 1. The summed E-state index contributed by atoms with van der Waals surface area (Å²) in [6.07, 6.45) is -4.73. The number of benzene rings is 2. The van der Waals surface area contributed by atoms with Gasteiger partial charge >= 0.3 is 6.18 Å². The van der Waals surface area contributed by atoms with E-state index in [1.54, 1.807) is 0 Å². The van der Waals surface area contributed by atoms with E-state index in [9.17, 15) is 21.6 Å². The van der Waals surface area contributed by atoms with E-state index >= 15 is 0 Å². The molecule has 4 rings (SSSR count). The number of ether oxygens (including phenoxy) is 2. The molecular weight excluding hydrogens is 457 g/mol. The van der Waals surface area contributed by atoms with Crippen LogP contribution in [-0.4, -0.2) is 57.0 Å². The predicted molar refractivity (Wildman–Crippen MR) is 108 cm³/mol. The Bertz CT molecular complexity index is 1070. The van der Waals surface area contributed by atoms with Gasteiger partial charge in [-0.2, -0.15) is 17.5 Å². The van der Waals surface area contributed by atoms with Crippen LogP contribution in [0.15, 0.2) is 41.3 Å². The number of hydrogen-bond donors (Lipinski definition) is 0. The number of halogens is 4. The first-order valence-electron chi connectivity index (χ1n) is 9.62. The van der Waals surface area contributed by atoms with E-state index in [0.717, 1.165) is 17.7 Å². The molecule has 1 saturated heterocycles. The highest BCUT2D eigenvalue weighted by Gasteiger charge is 2.36. The van der Waals surface area contributed by atoms with Crippen LogP contribution in [0.25, 0.3) is 0 Å². The van der Waals surface area contributed by atoms with Gasteiger partial charge in [0.05, 0.1) is 15.5 Å². The molecule has 2 aromatic carbocycles. The van der Waals surface area contributed by atoms with Crippen molar-refractivity contribution in [3.8, 4) is 11.5 Å². The van der Waals surface area contributed by atoms with Crippen molar-refractivity contribution < 1.29 is 31.1 Å². The summed E-state index contributed by atoms with van der Waals surface area (Å²) >= 11 is 5.61. The fourth-order valence-corrected chi connectivity index (χ4v) is 5.28. The number of hydrogen-bond acceptors (Lipinski definition) is 5. The summed E-state index contributed by atoms with van der Waals surface area (Å²) in [4.78, 5) is 1.67. The summed E-state index contributed by atoms with van der Waals surface area (Å²) in [5.74, 6) is 1.39. The Kier molecular flexibility index (Phi) is 6.08. The minimum absolute atomic E-state index is 0.177. The predicted octanol–water partition coefficient (Wildman–Crippen LogP) is 3.64. The molecule has 0 unspecified atom stereocenters. The molecule has 31 heavy (non-hydrogen) atoms. The normalized spacial score (nSPS) is 18.2. The molecule has 0 bridgehead atoms. The summed E-state index contributed by atoms with van der Waals surface area (Å²) in [6, 6.07) is 8.36. The van der Waals surface area contributed by atoms with Gasteiger partial charge in [-0.15, -0.1) is 0 Å². The lowest BCUT2D eigenvalue weighted by Gasteiger charge is -2.34. The lowest BCUT2D eigenvalue weighted by molar-refractivity contribution is -0.137. The molecule has 0 radical (unpaired) electrons. The standard InChI is InChI=1S/C20H20ClF3N2O4S/c21-17-3-2-15(12-16(17)20(22,23)24)31(27,28)26-7-5-25(6-8-26)13-14-1-4-18-19(11-14)30-10-9-29-18/h1-4,11-12H,5-10,13H2. The number of rotatable bonds is 4. The van der Waals surface area contributed by atoms with E-state index in [0.29, 0.717) is 50.4 Å². The average molecular weight is 477 g/mol. The fourth-order valence-electron chi connectivity index (χ4n) is 3.60. The summed E-state index contributed by atoms with van der Waals surface area (Å²) < 4.78 is 77.4. The third kappa shape index (κ3) is 4.77. The van der Waals surface area contributed by atoms with E-state index in [1.807, 2.05) is 18.2 Å². The van der Waals surface area contributed by atoms with Crippen molar-refractivity contribution in [1.29, 1.82) is 0 Å². The van der Waals surface area contributed by atoms with Crippen LogP contribution in [0.3, 0.4) is 0 Å². The van der Waals surface area contributed by atoms with E-state index in [1.165, 1.54) is 4.31 Å². The van der Waals surface area contributed by atoms with Crippen LogP contribution < -0.4 is 9.47 Å². The van der Waals surface area contributed by atoms with E-state index in [-0.39, 0.29) is 13.1 Å². The van der Waals surface area contributed by atoms with Gasteiger partial charge in [-0.1, -0.05) is 17.7 Å². The van der Waals surface area contributed by atoms with Crippen LogP contribution in [0, 0.1) is 0 Å². The molecule has 2 heterocycles. The molecule has 168 valence electrons. The Labute approximate surface area is 183 Å². The maximum absolute atomic E-state index is 13.1. The second-order valence-electron chi connectivity index (χ2n) is 7.30. The lowest BCUT2D eigenvalue weighted by Crippen LogP contribution is -2.48. The first-order valence-corrected chi connectivity index (χ1v) is 11.4. The van der Waals surface area contributed by atoms with E-state index < -0.39 is 31.7 Å². The lowest BCUT2D eigenvalue weighted by atomic mass is 10.1. The minimum Gasteiger partial charge on any atom is -0.486 e. The second-order valence-corrected chi connectivity index (χ2v) is 9.64. The minimum atomic E-state index is -4.73. The van der Waals surface area contributed by atoms with Crippen LogP contribution in [-0.2, 0) is 22.7 Å². The van der Waals surface area contributed by atoms with Crippen LogP contribution in [0.5, 0.6) is 11.5 Å². The van der Waals surface area contributed by atoms with Crippen molar-refractivity contribution in [3.05, 3.63) is 52.5 Å². The molecule has 1 fully saturated rings. The number of fused-ring (bicyclic) bond motifs is 1. The number of piperazine rings is 1. The van der Waals surface area contributed by atoms with Gasteiger partial charge in [-0.05, 0) is 35.9 Å². The molecule has 0 spiro atoms.